The van der Waals surface area contributed by atoms with Gasteiger partial charge in [-0.3, -0.25) is 4.79 Å². The molecule has 1 aromatic heterocycles. The third kappa shape index (κ3) is 3.72. The van der Waals surface area contributed by atoms with Crippen LogP contribution in [0.4, 0.5) is 11.4 Å². The topological polar surface area (TPSA) is 94.0 Å². The van der Waals surface area contributed by atoms with E-state index in [4.69, 9.17) is 10.2 Å². The highest BCUT2D eigenvalue weighted by Gasteiger charge is 2.17. The fourth-order valence-corrected chi connectivity index (χ4v) is 2.12. The van der Waals surface area contributed by atoms with Gasteiger partial charge in [0.2, 0.25) is 11.8 Å². The van der Waals surface area contributed by atoms with E-state index >= 15 is 0 Å². The number of benzene rings is 1. The van der Waals surface area contributed by atoms with Crippen molar-refractivity contribution in [2.75, 3.05) is 11.1 Å². The van der Waals surface area contributed by atoms with Crippen LogP contribution >= 0.6 is 11.8 Å². The second-order valence-electron chi connectivity index (χ2n) is 3.96. The van der Waals surface area contributed by atoms with Gasteiger partial charge in [0, 0.05) is 18.3 Å². The van der Waals surface area contributed by atoms with Gasteiger partial charge in [0.25, 0.3) is 5.22 Å². The summed E-state index contributed by atoms with van der Waals surface area (Å²) < 4.78 is 5.21. The average Bonchev–Trinajstić information content (AvgIpc) is 2.74. The fraction of sp³-hybridized carbons (Fsp3) is 0.250. The highest BCUT2D eigenvalue weighted by atomic mass is 32.2. The van der Waals surface area contributed by atoms with Crippen molar-refractivity contribution >= 4 is 29.0 Å². The Labute approximate surface area is 114 Å². The Kier molecular flexibility index (Phi) is 4.06. The van der Waals surface area contributed by atoms with E-state index < -0.39 is 0 Å². The normalized spacial score (nSPS) is 12.1. The molecule has 0 aliphatic carbocycles. The minimum absolute atomic E-state index is 0.147. The maximum absolute atomic E-state index is 12.0. The lowest BCUT2D eigenvalue weighted by molar-refractivity contribution is -0.115. The molecule has 0 aliphatic rings. The molecule has 7 heteroatoms. The lowest BCUT2D eigenvalue weighted by Crippen LogP contribution is -2.22. The van der Waals surface area contributed by atoms with Crippen LogP contribution in [0.2, 0.25) is 0 Å². The molecule has 1 aromatic carbocycles. The summed E-state index contributed by atoms with van der Waals surface area (Å²) in [4.78, 5) is 12.0. The molecule has 0 spiro atoms. The maximum Gasteiger partial charge on any atom is 0.277 e. The van der Waals surface area contributed by atoms with Gasteiger partial charge in [-0.1, -0.05) is 17.8 Å². The second kappa shape index (κ2) is 5.75. The van der Waals surface area contributed by atoms with E-state index in [2.05, 4.69) is 15.5 Å². The molecule has 1 unspecified atom stereocenters. The van der Waals surface area contributed by atoms with Crippen molar-refractivity contribution in [3.8, 4) is 0 Å². The molecule has 19 heavy (non-hydrogen) atoms. The SMILES string of the molecule is Cc1nnc(SC(C)C(=O)Nc2cccc(N)c2)o1. The summed E-state index contributed by atoms with van der Waals surface area (Å²) in [7, 11) is 0. The third-order valence-electron chi connectivity index (χ3n) is 2.31. The number of aryl methyl sites for hydroxylation is 1. The molecule has 0 saturated heterocycles. The van der Waals surface area contributed by atoms with Crippen LogP contribution in [0.5, 0.6) is 0 Å². The monoisotopic (exact) mass is 278 g/mol. The zero-order chi connectivity index (χ0) is 13.8. The summed E-state index contributed by atoms with van der Waals surface area (Å²) in [6, 6.07) is 7.02. The van der Waals surface area contributed by atoms with Gasteiger partial charge in [0.15, 0.2) is 0 Å². The molecule has 1 atom stereocenters. The van der Waals surface area contributed by atoms with Gasteiger partial charge >= 0.3 is 0 Å². The number of hydrogen-bond donors (Lipinski definition) is 2. The first-order valence-electron chi connectivity index (χ1n) is 5.68. The number of rotatable bonds is 4. The van der Waals surface area contributed by atoms with Gasteiger partial charge in [-0.2, -0.15) is 0 Å². The summed E-state index contributed by atoms with van der Waals surface area (Å²) >= 11 is 1.21. The Morgan fingerprint density at radius 2 is 2.26 bits per heavy atom. The molecular formula is C12H14N4O2S. The first-order chi connectivity index (χ1) is 9.04. The zero-order valence-electron chi connectivity index (χ0n) is 10.6. The minimum Gasteiger partial charge on any atom is -0.416 e. The van der Waals surface area contributed by atoms with Crippen molar-refractivity contribution in [2.24, 2.45) is 0 Å². The van der Waals surface area contributed by atoms with Crippen LogP contribution in [0, 0.1) is 6.92 Å². The third-order valence-corrected chi connectivity index (χ3v) is 3.24. The van der Waals surface area contributed by atoms with E-state index in [1.54, 1.807) is 38.1 Å². The summed E-state index contributed by atoms with van der Waals surface area (Å²) in [6.07, 6.45) is 0. The van der Waals surface area contributed by atoms with Gasteiger partial charge < -0.3 is 15.5 Å². The summed E-state index contributed by atoms with van der Waals surface area (Å²) in [5.74, 6) is 0.331. The zero-order valence-corrected chi connectivity index (χ0v) is 11.4. The number of carbonyl (C=O) groups excluding carboxylic acids is 1. The van der Waals surface area contributed by atoms with Crippen LogP contribution in [0.25, 0.3) is 0 Å². The van der Waals surface area contributed by atoms with Crippen LogP contribution < -0.4 is 11.1 Å². The molecular weight excluding hydrogens is 264 g/mol. The van der Waals surface area contributed by atoms with Crippen molar-refractivity contribution in [1.82, 2.24) is 10.2 Å². The van der Waals surface area contributed by atoms with Crippen molar-refractivity contribution in [2.45, 2.75) is 24.3 Å². The number of carbonyl (C=O) groups is 1. The van der Waals surface area contributed by atoms with Gasteiger partial charge in [-0.15, -0.1) is 10.2 Å². The fourth-order valence-electron chi connectivity index (χ4n) is 1.39. The molecule has 2 aromatic rings. The van der Waals surface area contributed by atoms with Crippen molar-refractivity contribution in [1.29, 1.82) is 0 Å². The highest BCUT2D eigenvalue weighted by molar-refractivity contribution is 8.00. The molecule has 0 aliphatic heterocycles. The Morgan fingerprint density at radius 1 is 1.47 bits per heavy atom. The number of nitrogen functional groups attached to an aromatic ring is 1. The Bertz CT molecular complexity index is 585. The Hall–Kier alpha value is -2.02. The number of thioether (sulfide) groups is 1. The molecule has 1 heterocycles. The molecule has 6 nitrogen and oxygen atoms in total. The van der Waals surface area contributed by atoms with Crippen LogP contribution in [-0.2, 0) is 4.79 Å². The van der Waals surface area contributed by atoms with Gasteiger partial charge in [0.1, 0.15) is 0 Å². The predicted molar refractivity (Wildman–Crippen MR) is 73.8 cm³/mol. The van der Waals surface area contributed by atoms with E-state index in [-0.39, 0.29) is 11.2 Å². The second-order valence-corrected chi connectivity index (χ2v) is 5.25. The molecule has 0 fully saturated rings. The number of nitrogens with zero attached hydrogens (tertiary/aromatic N) is 2. The molecule has 3 N–H and O–H groups in total. The minimum atomic E-state index is -0.346. The van der Waals surface area contributed by atoms with E-state index in [9.17, 15) is 4.79 Å². The standard InChI is InChI=1S/C12H14N4O2S/c1-7(19-12-16-15-8(2)18-12)11(17)14-10-5-3-4-9(13)6-10/h3-7H,13H2,1-2H3,(H,14,17). The van der Waals surface area contributed by atoms with Crippen LogP contribution in [0.15, 0.2) is 33.9 Å². The van der Waals surface area contributed by atoms with E-state index in [1.807, 2.05) is 0 Å². The van der Waals surface area contributed by atoms with Gasteiger partial charge in [0.05, 0.1) is 5.25 Å². The maximum atomic E-state index is 12.0. The predicted octanol–water partition coefficient (Wildman–Crippen LogP) is 2.08. The number of nitrogens with two attached hydrogens (primary N) is 1. The van der Waals surface area contributed by atoms with E-state index in [0.717, 1.165) is 0 Å². The van der Waals surface area contributed by atoms with Crippen LogP contribution in [-0.4, -0.2) is 21.4 Å². The van der Waals surface area contributed by atoms with Crippen LogP contribution in [0.3, 0.4) is 0 Å². The summed E-state index contributed by atoms with van der Waals surface area (Å²) in [5, 5.41) is 10.4. The quantitative estimate of drug-likeness (QED) is 0.657. The lowest BCUT2D eigenvalue weighted by Gasteiger charge is -2.10. The molecule has 2 rings (SSSR count). The number of aromatic nitrogens is 2. The number of hydrogen-bond acceptors (Lipinski definition) is 6. The molecule has 0 radical (unpaired) electrons. The molecule has 0 saturated carbocycles. The van der Waals surface area contributed by atoms with Crippen molar-refractivity contribution in [3.63, 3.8) is 0 Å². The van der Waals surface area contributed by atoms with Crippen molar-refractivity contribution < 1.29 is 9.21 Å². The first-order valence-corrected chi connectivity index (χ1v) is 6.56. The van der Waals surface area contributed by atoms with E-state index in [0.29, 0.717) is 22.5 Å². The average molecular weight is 278 g/mol. The number of nitrogens with one attached hydrogen (secondary N) is 1. The lowest BCUT2D eigenvalue weighted by atomic mass is 10.3. The van der Waals surface area contributed by atoms with E-state index in [1.165, 1.54) is 11.8 Å². The number of amides is 1. The highest BCUT2D eigenvalue weighted by Crippen LogP contribution is 2.23. The van der Waals surface area contributed by atoms with Crippen molar-refractivity contribution in [3.05, 3.63) is 30.2 Å². The number of anilines is 2. The largest absolute Gasteiger partial charge is 0.416 e. The summed E-state index contributed by atoms with van der Waals surface area (Å²) in [6.45, 7) is 3.47. The molecule has 1 amide bonds. The Morgan fingerprint density at radius 3 is 2.89 bits per heavy atom. The summed E-state index contributed by atoms with van der Waals surface area (Å²) in [5.41, 5.74) is 6.92. The molecule has 0 bridgehead atoms. The smallest absolute Gasteiger partial charge is 0.277 e. The first kappa shape index (κ1) is 13.4. The Balaban J connectivity index is 1.96. The molecule has 100 valence electrons. The van der Waals surface area contributed by atoms with Crippen LogP contribution in [0.1, 0.15) is 12.8 Å². The van der Waals surface area contributed by atoms with Gasteiger partial charge in [-0.25, -0.2) is 0 Å². The van der Waals surface area contributed by atoms with Gasteiger partial charge in [-0.05, 0) is 25.1 Å².